The van der Waals surface area contributed by atoms with E-state index < -0.39 is 0 Å². The number of rotatable bonds is 4. The van der Waals surface area contributed by atoms with Gasteiger partial charge in [0.2, 0.25) is 0 Å². The zero-order valence-electron chi connectivity index (χ0n) is 14.1. The fourth-order valence-corrected chi connectivity index (χ4v) is 3.14. The van der Waals surface area contributed by atoms with E-state index in [9.17, 15) is 9.59 Å². The van der Waals surface area contributed by atoms with Gasteiger partial charge in [0.25, 0.3) is 11.5 Å². The van der Waals surface area contributed by atoms with E-state index in [0.717, 1.165) is 19.3 Å². The zero-order valence-corrected chi connectivity index (χ0v) is 14.1. The minimum atomic E-state index is -0.222. The monoisotopic (exact) mass is 342 g/mol. The van der Waals surface area contributed by atoms with Gasteiger partial charge >= 0.3 is 0 Å². The van der Waals surface area contributed by atoms with Gasteiger partial charge in [-0.05, 0) is 43.5 Å². The molecule has 1 aromatic carbocycles. The van der Waals surface area contributed by atoms with Crippen LogP contribution in [0, 0.1) is 0 Å². The second-order valence-electron chi connectivity index (χ2n) is 6.25. The predicted octanol–water partition coefficient (Wildman–Crippen LogP) is 0.857. The van der Waals surface area contributed by atoms with Crippen LogP contribution < -0.4 is 16.6 Å². The lowest BCUT2D eigenvalue weighted by atomic mass is 9.88. The highest BCUT2D eigenvalue weighted by molar-refractivity contribution is 5.94. The number of ether oxygens (including phenoxy) is 1. The Hall–Kier alpha value is -2.51. The van der Waals surface area contributed by atoms with E-state index in [2.05, 4.69) is 10.3 Å². The molecule has 3 N–H and O–H groups in total. The third-order valence-corrected chi connectivity index (χ3v) is 4.63. The maximum absolute atomic E-state index is 12.4. The molecule has 3 unspecified atom stereocenters. The van der Waals surface area contributed by atoms with Crippen LogP contribution in [-0.2, 0) is 4.74 Å². The molecule has 1 saturated carbocycles. The summed E-state index contributed by atoms with van der Waals surface area (Å²) in [6.45, 7) is 0. The number of hydrogen-bond acceptors (Lipinski definition) is 5. The lowest BCUT2D eigenvalue weighted by Crippen LogP contribution is -2.52. The molecule has 132 valence electrons. The molecule has 0 aliphatic heterocycles. The summed E-state index contributed by atoms with van der Waals surface area (Å²) in [6, 6.07) is 6.70. The van der Waals surface area contributed by atoms with E-state index in [4.69, 9.17) is 10.5 Å². The summed E-state index contributed by atoms with van der Waals surface area (Å²) in [5.74, 6) is -0.162. The summed E-state index contributed by atoms with van der Waals surface area (Å²) in [5, 5.41) is 3.00. The van der Waals surface area contributed by atoms with Crippen LogP contribution in [0.2, 0.25) is 0 Å². The molecule has 7 heteroatoms. The number of carbonyl (C=O) groups is 1. The zero-order chi connectivity index (χ0) is 17.8. The standard InChI is InChI=1S/C18H22N4O3/c1-25-14-6-7-16(15(19)10-14)21-18(24)12-2-4-13(5-3-12)22-9-8-20-11-17(22)23/h2-5,8-9,11,14-16H,6-7,10,19H2,1H3,(H,21,24). The van der Waals surface area contributed by atoms with Crippen molar-refractivity contribution in [2.75, 3.05) is 7.11 Å². The van der Waals surface area contributed by atoms with Gasteiger partial charge in [-0.1, -0.05) is 0 Å². The molecule has 1 heterocycles. The molecule has 2 aromatic rings. The minimum absolute atomic E-state index is 0.0543. The van der Waals surface area contributed by atoms with Crippen LogP contribution >= 0.6 is 0 Å². The highest BCUT2D eigenvalue weighted by Crippen LogP contribution is 2.20. The fourth-order valence-electron chi connectivity index (χ4n) is 3.14. The van der Waals surface area contributed by atoms with Gasteiger partial charge in [-0.25, -0.2) is 0 Å². The molecule has 1 aliphatic carbocycles. The molecular weight excluding hydrogens is 320 g/mol. The summed E-state index contributed by atoms with van der Waals surface area (Å²) in [6.07, 6.45) is 6.98. The Morgan fingerprint density at radius 3 is 2.72 bits per heavy atom. The number of benzene rings is 1. The van der Waals surface area contributed by atoms with Gasteiger partial charge in [0.05, 0.1) is 12.3 Å². The van der Waals surface area contributed by atoms with Crippen molar-refractivity contribution in [1.82, 2.24) is 14.9 Å². The number of methoxy groups -OCH3 is 1. The first-order valence-corrected chi connectivity index (χ1v) is 8.31. The fraction of sp³-hybridized carbons (Fsp3) is 0.389. The lowest BCUT2D eigenvalue weighted by molar-refractivity contribution is 0.0524. The van der Waals surface area contributed by atoms with Crippen molar-refractivity contribution >= 4 is 5.91 Å². The van der Waals surface area contributed by atoms with Crippen LogP contribution in [-0.4, -0.2) is 40.8 Å². The second kappa shape index (κ2) is 7.58. The van der Waals surface area contributed by atoms with Crippen LogP contribution in [0.25, 0.3) is 5.69 Å². The number of nitrogens with zero attached hydrogens (tertiary/aromatic N) is 2. The second-order valence-corrected chi connectivity index (χ2v) is 6.25. The van der Waals surface area contributed by atoms with Crippen molar-refractivity contribution in [2.24, 2.45) is 5.73 Å². The SMILES string of the molecule is COC1CCC(NC(=O)c2ccc(-n3ccncc3=O)cc2)C(N)C1. The van der Waals surface area contributed by atoms with Crippen molar-refractivity contribution in [3.8, 4) is 5.69 Å². The van der Waals surface area contributed by atoms with Crippen molar-refractivity contribution < 1.29 is 9.53 Å². The lowest BCUT2D eigenvalue weighted by Gasteiger charge is -2.33. The van der Waals surface area contributed by atoms with E-state index in [0.29, 0.717) is 11.3 Å². The Kier molecular flexibility index (Phi) is 5.25. The Bertz CT molecular complexity index is 787. The maximum atomic E-state index is 12.4. The van der Waals surface area contributed by atoms with E-state index in [1.54, 1.807) is 43.8 Å². The summed E-state index contributed by atoms with van der Waals surface area (Å²) in [4.78, 5) is 28.0. The van der Waals surface area contributed by atoms with E-state index in [-0.39, 0.29) is 29.7 Å². The molecule has 3 atom stereocenters. The number of hydrogen-bond donors (Lipinski definition) is 2. The predicted molar refractivity (Wildman–Crippen MR) is 93.7 cm³/mol. The minimum Gasteiger partial charge on any atom is -0.381 e. The average molecular weight is 342 g/mol. The van der Waals surface area contributed by atoms with Gasteiger partial charge in [-0.3, -0.25) is 19.1 Å². The van der Waals surface area contributed by atoms with Gasteiger partial charge in [-0.15, -0.1) is 0 Å². The summed E-state index contributed by atoms with van der Waals surface area (Å²) in [7, 11) is 1.69. The van der Waals surface area contributed by atoms with Crippen molar-refractivity contribution in [2.45, 2.75) is 37.5 Å². The number of amides is 1. The molecule has 0 saturated heterocycles. The molecule has 7 nitrogen and oxygen atoms in total. The first kappa shape index (κ1) is 17.3. The first-order chi connectivity index (χ1) is 12.1. The van der Waals surface area contributed by atoms with E-state index in [1.807, 2.05) is 0 Å². The highest BCUT2D eigenvalue weighted by atomic mass is 16.5. The molecule has 25 heavy (non-hydrogen) atoms. The number of carbonyl (C=O) groups excluding carboxylic acids is 1. The Labute approximate surface area is 145 Å². The van der Waals surface area contributed by atoms with E-state index >= 15 is 0 Å². The summed E-state index contributed by atoms with van der Waals surface area (Å²) in [5.41, 5.74) is 7.14. The summed E-state index contributed by atoms with van der Waals surface area (Å²) >= 11 is 0. The van der Waals surface area contributed by atoms with Crippen LogP contribution in [0.4, 0.5) is 0 Å². The van der Waals surface area contributed by atoms with Crippen LogP contribution in [0.5, 0.6) is 0 Å². The van der Waals surface area contributed by atoms with E-state index in [1.165, 1.54) is 10.8 Å². The number of aromatic nitrogens is 2. The topological polar surface area (TPSA) is 99.2 Å². The normalized spacial score (nSPS) is 23.2. The first-order valence-electron chi connectivity index (χ1n) is 8.31. The number of nitrogens with two attached hydrogens (primary N) is 1. The molecule has 0 radical (unpaired) electrons. The van der Waals surface area contributed by atoms with Gasteiger partial charge in [0.15, 0.2) is 0 Å². The van der Waals surface area contributed by atoms with Crippen molar-refractivity contribution in [1.29, 1.82) is 0 Å². The molecule has 1 fully saturated rings. The largest absolute Gasteiger partial charge is 0.381 e. The van der Waals surface area contributed by atoms with Crippen LogP contribution in [0.1, 0.15) is 29.6 Å². The Morgan fingerprint density at radius 2 is 2.08 bits per heavy atom. The molecule has 1 amide bonds. The quantitative estimate of drug-likeness (QED) is 0.858. The van der Waals surface area contributed by atoms with Crippen molar-refractivity contribution in [3.63, 3.8) is 0 Å². The number of nitrogens with one attached hydrogen (secondary N) is 1. The molecule has 0 spiro atoms. The highest BCUT2D eigenvalue weighted by Gasteiger charge is 2.29. The smallest absolute Gasteiger partial charge is 0.273 e. The molecule has 1 aliphatic rings. The van der Waals surface area contributed by atoms with Crippen molar-refractivity contribution in [3.05, 3.63) is 58.8 Å². The Balaban J connectivity index is 1.67. The van der Waals surface area contributed by atoms with Gasteiger partial charge in [0, 0.05) is 42.8 Å². The third kappa shape index (κ3) is 3.94. The molecule has 3 rings (SSSR count). The Morgan fingerprint density at radius 1 is 1.32 bits per heavy atom. The van der Waals surface area contributed by atoms with Gasteiger partial charge in [-0.2, -0.15) is 0 Å². The average Bonchev–Trinajstić information content (AvgIpc) is 2.64. The summed E-state index contributed by atoms with van der Waals surface area (Å²) < 4.78 is 6.81. The molecule has 1 aromatic heterocycles. The van der Waals surface area contributed by atoms with Gasteiger partial charge in [0.1, 0.15) is 0 Å². The molecular formula is C18H22N4O3. The van der Waals surface area contributed by atoms with Crippen LogP contribution in [0.15, 0.2) is 47.7 Å². The molecule has 0 bridgehead atoms. The third-order valence-electron chi connectivity index (χ3n) is 4.63. The van der Waals surface area contributed by atoms with Gasteiger partial charge < -0.3 is 15.8 Å². The van der Waals surface area contributed by atoms with Crippen LogP contribution in [0.3, 0.4) is 0 Å². The maximum Gasteiger partial charge on any atom is 0.273 e.